The van der Waals surface area contributed by atoms with Crippen LogP contribution in [0.5, 0.6) is 5.75 Å². The van der Waals surface area contributed by atoms with Crippen molar-refractivity contribution in [1.82, 2.24) is 10.5 Å². The lowest BCUT2D eigenvalue weighted by molar-refractivity contribution is 0.0706. The quantitative estimate of drug-likeness (QED) is 0.483. The van der Waals surface area contributed by atoms with Crippen LogP contribution in [-0.4, -0.2) is 23.2 Å². The van der Waals surface area contributed by atoms with Crippen LogP contribution in [0.1, 0.15) is 21.5 Å². The van der Waals surface area contributed by atoms with Crippen LogP contribution >= 0.6 is 0 Å². The van der Waals surface area contributed by atoms with E-state index in [9.17, 15) is 10.1 Å². The molecule has 26 heavy (non-hydrogen) atoms. The van der Waals surface area contributed by atoms with Crippen LogP contribution in [-0.2, 0) is 6.54 Å². The molecular weight excluding hydrogens is 332 g/mol. The van der Waals surface area contributed by atoms with Crippen molar-refractivity contribution in [1.29, 1.82) is 5.26 Å². The van der Waals surface area contributed by atoms with Gasteiger partial charge in [0.2, 0.25) is 0 Å². The number of pyridine rings is 1. The van der Waals surface area contributed by atoms with Gasteiger partial charge in [-0.25, -0.2) is 5.48 Å². The average molecular weight is 348 g/mol. The number of amides is 1. The van der Waals surface area contributed by atoms with Crippen LogP contribution in [0.25, 0.3) is 10.9 Å². The van der Waals surface area contributed by atoms with Crippen molar-refractivity contribution in [3.8, 4) is 11.8 Å². The number of anilines is 1. The summed E-state index contributed by atoms with van der Waals surface area (Å²) in [6.07, 6.45) is 1.52. The highest BCUT2D eigenvalue weighted by molar-refractivity contribution is 5.97. The Morgan fingerprint density at radius 3 is 2.69 bits per heavy atom. The lowest BCUT2D eigenvalue weighted by atomic mass is 10.1. The second kappa shape index (κ2) is 7.51. The summed E-state index contributed by atoms with van der Waals surface area (Å²) in [5.41, 5.74) is 4.64. The number of fused-ring (bicyclic) bond motifs is 1. The van der Waals surface area contributed by atoms with E-state index in [2.05, 4.69) is 16.4 Å². The van der Waals surface area contributed by atoms with Crippen LogP contribution in [0.15, 0.2) is 48.7 Å². The summed E-state index contributed by atoms with van der Waals surface area (Å²) < 4.78 is 5.33. The Morgan fingerprint density at radius 2 is 2.04 bits per heavy atom. The van der Waals surface area contributed by atoms with Crippen molar-refractivity contribution in [2.24, 2.45) is 0 Å². The fraction of sp³-hybridized carbons (Fsp3) is 0.105. The van der Waals surface area contributed by atoms with E-state index in [1.54, 1.807) is 36.9 Å². The summed E-state index contributed by atoms with van der Waals surface area (Å²) in [4.78, 5) is 15.7. The van der Waals surface area contributed by atoms with Gasteiger partial charge in [-0.2, -0.15) is 5.26 Å². The number of aromatic nitrogens is 1. The molecule has 0 saturated carbocycles. The van der Waals surface area contributed by atoms with E-state index in [0.717, 1.165) is 10.9 Å². The molecule has 0 aliphatic carbocycles. The maximum atomic E-state index is 11.4. The van der Waals surface area contributed by atoms with Gasteiger partial charge in [-0.05, 0) is 23.8 Å². The molecule has 130 valence electrons. The summed E-state index contributed by atoms with van der Waals surface area (Å²) in [5.74, 6) is 0.0675. The highest BCUT2D eigenvalue weighted by Crippen LogP contribution is 2.31. The average Bonchev–Trinajstić information content (AvgIpc) is 2.71. The molecule has 0 saturated heterocycles. The first kappa shape index (κ1) is 17.2. The zero-order valence-electron chi connectivity index (χ0n) is 14.0. The Balaban J connectivity index is 1.91. The summed E-state index contributed by atoms with van der Waals surface area (Å²) in [6.45, 7) is 0.450. The highest BCUT2D eigenvalue weighted by atomic mass is 16.5. The first-order valence-corrected chi connectivity index (χ1v) is 7.81. The molecular formula is C19H16N4O3. The number of nitriles is 1. The Labute approximate surface area is 149 Å². The van der Waals surface area contributed by atoms with Crippen molar-refractivity contribution in [3.05, 3.63) is 65.4 Å². The number of benzene rings is 2. The van der Waals surface area contributed by atoms with E-state index >= 15 is 0 Å². The smallest absolute Gasteiger partial charge is 0.274 e. The zero-order valence-corrected chi connectivity index (χ0v) is 14.0. The van der Waals surface area contributed by atoms with E-state index in [1.807, 2.05) is 18.2 Å². The van der Waals surface area contributed by atoms with Gasteiger partial charge in [-0.3, -0.25) is 15.0 Å². The Bertz CT molecular complexity index is 994. The minimum absolute atomic E-state index is 0.355. The molecule has 2 aromatic carbocycles. The molecule has 3 N–H and O–H groups in total. The zero-order chi connectivity index (χ0) is 18.5. The lowest BCUT2D eigenvalue weighted by Crippen LogP contribution is -2.18. The molecule has 0 atom stereocenters. The van der Waals surface area contributed by atoms with Crippen molar-refractivity contribution in [3.63, 3.8) is 0 Å². The van der Waals surface area contributed by atoms with Gasteiger partial charge in [0.25, 0.3) is 5.91 Å². The number of hydrogen-bond acceptors (Lipinski definition) is 6. The molecule has 0 aliphatic heterocycles. The SMILES string of the molecule is COc1cccc2c(NCc3ccc(C(=O)NO)cc3)c(C#N)cnc12. The Morgan fingerprint density at radius 1 is 1.27 bits per heavy atom. The molecule has 7 heteroatoms. The highest BCUT2D eigenvalue weighted by Gasteiger charge is 2.12. The van der Waals surface area contributed by atoms with E-state index < -0.39 is 5.91 Å². The summed E-state index contributed by atoms with van der Waals surface area (Å²) in [5, 5.41) is 22.1. The molecule has 0 unspecified atom stereocenters. The Kier molecular flexibility index (Phi) is 4.97. The molecule has 0 radical (unpaired) electrons. The van der Waals surface area contributed by atoms with Crippen LogP contribution < -0.4 is 15.5 Å². The maximum Gasteiger partial charge on any atom is 0.274 e. The number of para-hydroxylation sites is 1. The number of methoxy groups -OCH3 is 1. The van der Waals surface area contributed by atoms with Crippen molar-refractivity contribution >= 4 is 22.5 Å². The minimum Gasteiger partial charge on any atom is -0.494 e. The molecule has 0 bridgehead atoms. The molecule has 1 heterocycles. The molecule has 3 aromatic rings. The van der Waals surface area contributed by atoms with Gasteiger partial charge >= 0.3 is 0 Å². The van der Waals surface area contributed by atoms with Gasteiger partial charge in [-0.15, -0.1) is 0 Å². The second-order valence-corrected chi connectivity index (χ2v) is 5.51. The molecule has 3 rings (SSSR count). The molecule has 0 fully saturated rings. The van der Waals surface area contributed by atoms with Crippen LogP contribution in [0.3, 0.4) is 0 Å². The predicted molar refractivity (Wildman–Crippen MR) is 96.0 cm³/mol. The fourth-order valence-corrected chi connectivity index (χ4v) is 2.66. The van der Waals surface area contributed by atoms with Crippen LogP contribution in [0, 0.1) is 11.3 Å². The van der Waals surface area contributed by atoms with E-state index in [0.29, 0.717) is 34.6 Å². The van der Waals surface area contributed by atoms with Crippen LogP contribution in [0.4, 0.5) is 5.69 Å². The number of ether oxygens (including phenoxy) is 1. The normalized spacial score (nSPS) is 10.2. The van der Waals surface area contributed by atoms with Crippen LogP contribution in [0.2, 0.25) is 0 Å². The number of rotatable bonds is 5. The third-order valence-corrected chi connectivity index (χ3v) is 3.99. The molecule has 0 spiro atoms. The first-order chi connectivity index (χ1) is 12.7. The molecule has 0 aliphatic rings. The van der Waals surface area contributed by atoms with Gasteiger partial charge in [0.1, 0.15) is 17.3 Å². The number of nitrogens with one attached hydrogen (secondary N) is 2. The lowest BCUT2D eigenvalue weighted by Gasteiger charge is -2.13. The fourth-order valence-electron chi connectivity index (χ4n) is 2.66. The number of hydroxylamine groups is 1. The third kappa shape index (κ3) is 3.27. The number of carbonyl (C=O) groups is 1. The van der Waals surface area contributed by atoms with Gasteiger partial charge < -0.3 is 10.1 Å². The summed E-state index contributed by atoms with van der Waals surface area (Å²) in [6, 6.07) is 14.5. The standard InChI is InChI=1S/C19H16N4O3/c1-26-16-4-2-3-15-17(14(9-20)11-22-18(15)16)21-10-12-5-7-13(8-6-12)19(24)23-25/h2-8,11,25H,10H2,1H3,(H,21,22)(H,23,24). The molecule has 7 nitrogen and oxygen atoms in total. The van der Waals surface area contributed by atoms with Gasteiger partial charge in [0, 0.05) is 23.7 Å². The maximum absolute atomic E-state index is 11.4. The largest absolute Gasteiger partial charge is 0.494 e. The van der Waals surface area contributed by atoms with E-state index in [1.165, 1.54) is 6.20 Å². The summed E-state index contributed by atoms with van der Waals surface area (Å²) in [7, 11) is 1.58. The van der Waals surface area contributed by atoms with Gasteiger partial charge in [0.05, 0.1) is 18.4 Å². The number of nitrogens with zero attached hydrogens (tertiary/aromatic N) is 2. The van der Waals surface area contributed by atoms with Crippen molar-refractivity contribution < 1.29 is 14.7 Å². The minimum atomic E-state index is -0.566. The van der Waals surface area contributed by atoms with Gasteiger partial charge in [-0.1, -0.05) is 24.3 Å². The molecule has 1 aromatic heterocycles. The van der Waals surface area contributed by atoms with E-state index in [4.69, 9.17) is 9.94 Å². The monoisotopic (exact) mass is 348 g/mol. The summed E-state index contributed by atoms with van der Waals surface area (Å²) >= 11 is 0. The van der Waals surface area contributed by atoms with Crippen molar-refractivity contribution in [2.75, 3.05) is 12.4 Å². The first-order valence-electron chi connectivity index (χ1n) is 7.81. The molecule has 1 amide bonds. The third-order valence-electron chi connectivity index (χ3n) is 3.99. The topological polar surface area (TPSA) is 107 Å². The Hall–Kier alpha value is -3.63. The van der Waals surface area contributed by atoms with Crippen molar-refractivity contribution in [2.45, 2.75) is 6.54 Å². The van der Waals surface area contributed by atoms with E-state index in [-0.39, 0.29) is 0 Å². The predicted octanol–water partition coefficient (Wildman–Crippen LogP) is 2.85. The number of carbonyl (C=O) groups excluding carboxylic acids is 1. The second-order valence-electron chi connectivity index (χ2n) is 5.51. The van der Waals surface area contributed by atoms with Gasteiger partial charge in [0.15, 0.2) is 0 Å². The number of hydrogen-bond donors (Lipinski definition) is 3.